The van der Waals surface area contributed by atoms with Crippen molar-refractivity contribution < 1.29 is 0 Å². The van der Waals surface area contributed by atoms with E-state index in [0.717, 1.165) is 6.54 Å². The average molecular weight is 265 g/mol. The normalized spacial score (nSPS) is 12.9. The lowest BCUT2D eigenvalue weighted by molar-refractivity contribution is 0.646. The fourth-order valence-electron chi connectivity index (χ4n) is 1.95. The Kier molecular flexibility index (Phi) is 4.02. The van der Waals surface area contributed by atoms with Gasteiger partial charge in [0.15, 0.2) is 0 Å². The van der Waals surface area contributed by atoms with Crippen molar-refractivity contribution in [1.29, 1.82) is 0 Å². The van der Waals surface area contributed by atoms with E-state index in [1.807, 2.05) is 22.7 Å². The zero-order valence-corrected chi connectivity index (χ0v) is 12.5. The molecular weight excluding hydrogens is 246 g/mol. The molecule has 0 saturated carbocycles. The number of thiophene rings is 2. The maximum absolute atomic E-state index is 3.60. The van der Waals surface area contributed by atoms with E-state index in [1.165, 1.54) is 25.8 Å². The molecule has 0 bridgehead atoms. The molecule has 2 aromatic heterocycles. The van der Waals surface area contributed by atoms with Gasteiger partial charge in [-0.05, 0) is 56.0 Å². The molecule has 2 aromatic rings. The molecule has 0 aliphatic carbocycles. The molecule has 1 unspecified atom stereocenters. The summed E-state index contributed by atoms with van der Waals surface area (Å²) in [6.07, 6.45) is 0. The summed E-state index contributed by atoms with van der Waals surface area (Å²) in [7, 11) is 0. The number of nitrogens with one attached hydrogen (secondary N) is 1. The van der Waals surface area contributed by atoms with Crippen molar-refractivity contribution in [2.75, 3.05) is 6.54 Å². The Labute approximate surface area is 112 Å². The van der Waals surface area contributed by atoms with Crippen molar-refractivity contribution in [2.45, 2.75) is 33.7 Å². The van der Waals surface area contributed by atoms with E-state index in [4.69, 9.17) is 0 Å². The van der Waals surface area contributed by atoms with Gasteiger partial charge in [0, 0.05) is 14.6 Å². The van der Waals surface area contributed by atoms with Crippen molar-refractivity contribution in [3.05, 3.63) is 43.3 Å². The highest BCUT2D eigenvalue weighted by Gasteiger charge is 2.18. The van der Waals surface area contributed by atoms with Gasteiger partial charge in [-0.25, -0.2) is 0 Å². The molecule has 1 nitrogen and oxygen atoms in total. The quantitative estimate of drug-likeness (QED) is 0.862. The minimum atomic E-state index is 0.373. The smallest absolute Gasteiger partial charge is 0.0767 e. The van der Waals surface area contributed by atoms with E-state index in [2.05, 4.69) is 50.5 Å². The molecule has 3 heteroatoms. The standard InChI is InChI=1S/C14H19NS2/c1-5-15-13(14-9(2)6-7-16-14)12-8-10(3)11(4)17-12/h6-8,13,15H,5H2,1-4H3. The number of hydrogen-bond acceptors (Lipinski definition) is 3. The predicted molar refractivity (Wildman–Crippen MR) is 78.4 cm³/mol. The molecule has 0 aromatic carbocycles. The fourth-order valence-corrected chi connectivity index (χ4v) is 4.17. The Hall–Kier alpha value is -0.640. The third-order valence-corrected chi connectivity index (χ3v) is 5.34. The van der Waals surface area contributed by atoms with Crippen LogP contribution in [0.3, 0.4) is 0 Å². The molecule has 1 N–H and O–H groups in total. The summed E-state index contributed by atoms with van der Waals surface area (Å²) in [6.45, 7) is 9.76. The number of hydrogen-bond donors (Lipinski definition) is 1. The number of aryl methyl sites for hydroxylation is 3. The first-order chi connectivity index (χ1) is 8.13. The van der Waals surface area contributed by atoms with Gasteiger partial charge in [-0.3, -0.25) is 0 Å². The molecule has 0 spiro atoms. The molecule has 0 aliphatic heterocycles. The van der Waals surface area contributed by atoms with Crippen LogP contribution in [0.5, 0.6) is 0 Å². The molecular formula is C14H19NS2. The SMILES string of the molecule is CCNC(c1cc(C)c(C)s1)c1sccc1C. The fraction of sp³-hybridized carbons (Fsp3) is 0.429. The van der Waals surface area contributed by atoms with Crippen LogP contribution in [-0.2, 0) is 0 Å². The lowest BCUT2D eigenvalue weighted by Crippen LogP contribution is -2.20. The van der Waals surface area contributed by atoms with E-state index >= 15 is 0 Å². The second-order valence-corrected chi connectivity index (χ2v) is 6.58. The predicted octanol–water partition coefficient (Wildman–Crippen LogP) is 4.43. The van der Waals surface area contributed by atoms with E-state index in [9.17, 15) is 0 Å². The van der Waals surface area contributed by atoms with Gasteiger partial charge in [-0.1, -0.05) is 6.92 Å². The first kappa shape index (κ1) is 12.8. The molecule has 17 heavy (non-hydrogen) atoms. The lowest BCUT2D eigenvalue weighted by Gasteiger charge is -2.16. The third-order valence-electron chi connectivity index (χ3n) is 3.04. The van der Waals surface area contributed by atoms with Crippen LogP contribution in [0.1, 0.15) is 38.7 Å². The maximum Gasteiger partial charge on any atom is 0.0767 e. The van der Waals surface area contributed by atoms with Crippen LogP contribution in [0.15, 0.2) is 17.5 Å². The molecule has 0 amide bonds. The first-order valence-electron chi connectivity index (χ1n) is 5.97. The van der Waals surface area contributed by atoms with Gasteiger partial charge in [-0.2, -0.15) is 0 Å². The Morgan fingerprint density at radius 2 is 2.00 bits per heavy atom. The highest BCUT2D eigenvalue weighted by molar-refractivity contribution is 7.13. The van der Waals surface area contributed by atoms with E-state index in [0.29, 0.717) is 6.04 Å². The van der Waals surface area contributed by atoms with Gasteiger partial charge < -0.3 is 5.32 Å². The highest BCUT2D eigenvalue weighted by Crippen LogP contribution is 2.34. The van der Waals surface area contributed by atoms with Crippen molar-refractivity contribution in [3.63, 3.8) is 0 Å². The molecule has 0 fully saturated rings. The summed E-state index contributed by atoms with van der Waals surface area (Å²) in [4.78, 5) is 4.32. The topological polar surface area (TPSA) is 12.0 Å². The summed E-state index contributed by atoms with van der Waals surface area (Å²) < 4.78 is 0. The zero-order valence-electron chi connectivity index (χ0n) is 10.8. The third kappa shape index (κ3) is 2.62. The van der Waals surface area contributed by atoms with Gasteiger partial charge in [0.1, 0.15) is 0 Å². The van der Waals surface area contributed by atoms with E-state index in [-0.39, 0.29) is 0 Å². The van der Waals surface area contributed by atoms with Gasteiger partial charge >= 0.3 is 0 Å². The minimum absolute atomic E-state index is 0.373. The highest BCUT2D eigenvalue weighted by atomic mass is 32.1. The molecule has 0 saturated heterocycles. The zero-order chi connectivity index (χ0) is 12.4. The van der Waals surface area contributed by atoms with Crippen molar-refractivity contribution in [2.24, 2.45) is 0 Å². The second-order valence-electron chi connectivity index (χ2n) is 4.35. The lowest BCUT2D eigenvalue weighted by atomic mass is 10.1. The maximum atomic E-state index is 3.60. The molecule has 92 valence electrons. The summed E-state index contributed by atoms with van der Waals surface area (Å²) in [6, 6.07) is 4.90. The Balaban J connectivity index is 2.39. The van der Waals surface area contributed by atoms with Crippen molar-refractivity contribution in [3.8, 4) is 0 Å². The van der Waals surface area contributed by atoms with Crippen LogP contribution in [-0.4, -0.2) is 6.54 Å². The van der Waals surface area contributed by atoms with Crippen LogP contribution in [0.25, 0.3) is 0 Å². The summed E-state index contributed by atoms with van der Waals surface area (Å²) in [5, 5.41) is 5.79. The largest absolute Gasteiger partial charge is 0.305 e. The molecule has 2 rings (SSSR count). The Bertz CT molecular complexity index is 477. The van der Waals surface area contributed by atoms with E-state index < -0.39 is 0 Å². The van der Waals surface area contributed by atoms with Crippen LogP contribution in [0, 0.1) is 20.8 Å². The van der Waals surface area contributed by atoms with Gasteiger partial charge in [0.25, 0.3) is 0 Å². The Morgan fingerprint density at radius 3 is 2.47 bits per heavy atom. The van der Waals surface area contributed by atoms with Gasteiger partial charge in [-0.15, -0.1) is 22.7 Å². The van der Waals surface area contributed by atoms with E-state index in [1.54, 1.807) is 0 Å². The molecule has 2 heterocycles. The van der Waals surface area contributed by atoms with Crippen LogP contribution < -0.4 is 5.32 Å². The van der Waals surface area contributed by atoms with Crippen molar-refractivity contribution >= 4 is 22.7 Å². The average Bonchev–Trinajstić information content (AvgIpc) is 2.83. The first-order valence-corrected chi connectivity index (χ1v) is 7.67. The summed E-state index contributed by atoms with van der Waals surface area (Å²) >= 11 is 3.77. The van der Waals surface area contributed by atoms with Crippen LogP contribution >= 0.6 is 22.7 Å². The van der Waals surface area contributed by atoms with Gasteiger partial charge in [0.2, 0.25) is 0 Å². The van der Waals surface area contributed by atoms with Crippen LogP contribution in [0.4, 0.5) is 0 Å². The molecule has 0 aliphatic rings. The van der Waals surface area contributed by atoms with Crippen molar-refractivity contribution in [1.82, 2.24) is 5.32 Å². The minimum Gasteiger partial charge on any atom is -0.305 e. The summed E-state index contributed by atoms with van der Waals surface area (Å²) in [5.41, 5.74) is 2.80. The molecule has 0 radical (unpaired) electrons. The van der Waals surface area contributed by atoms with Crippen LogP contribution in [0.2, 0.25) is 0 Å². The summed E-state index contributed by atoms with van der Waals surface area (Å²) in [5.74, 6) is 0. The Morgan fingerprint density at radius 1 is 1.24 bits per heavy atom. The monoisotopic (exact) mass is 265 g/mol. The number of rotatable bonds is 4. The second kappa shape index (κ2) is 5.34. The molecule has 1 atom stereocenters. The van der Waals surface area contributed by atoms with Gasteiger partial charge in [0.05, 0.1) is 6.04 Å².